The van der Waals surface area contributed by atoms with Gasteiger partial charge < -0.3 is 4.74 Å². The summed E-state index contributed by atoms with van der Waals surface area (Å²) in [6.45, 7) is 2.71. The maximum absolute atomic E-state index is 12.9. The zero-order valence-corrected chi connectivity index (χ0v) is 12.0. The van der Waals surface area contributed by atoms with E-state index in [2.05, 4.69) is 12.1 Å². The van der Waals surface area contributed by atoms with Crippen molar-refractivity contribution < 1.29 is 9.53 Å². The average Bonchev–Trinajstić information content (AvgIpc) is 2.95. The van der Waals surface area contributed by atoms with E-state index in [1.807, 2.05) is 25.1 Å². The van der Waals surface area contributed by atoms with Gasteiger partial charge in [0.25, 0.3) is 0 Å². The molecule has 104 valence electrons. The highest BCUT2D eigenvalue weighted by atomic mass is 16.5. The van der Waals surface area contributed by atoms with E-state index < -0.39 is 0 Å². The summed E-state index contributed by atoms with van der Waals surface area (Å²) in [6.07, 6.45) is 5.17. The zero-order valence-electron chi connectivity index (χ0n) is 12.0. The highest BCUT2D eigenvalue weighted by Gasteiger charge is 2.43. The lowest BCUT2D eigenvalue weighted by Gasteiger charge is -2.31. The molecule has 1 aliphatic carbocycles. The molecular formula is C17H24O2. The Morgan fingerprint density at radius 1 is 1.26 bits per heavy atom. The number of ketones is 1. The van der Waals surface area contributed by atoms with Crippen molar-refractivity contribution in [3.8, 4) is 0 Å². The second-order valence-electron chi connectivity index (χ2n) is 5.70. The molecule has 0 aromatic heterocycles. The van der Waals surface area contributed by atoms with Gasteiger partial charge in [0, 0.05) is 19.6 Å². The van der Waals surface area contributed by atoms with Gasteiger partial charge in [-0.3, -0.25) is 4.79 Å². The molecule has 2 heteroatoms. The maximum Gasteiger partial charge on any atom is 0.146 e. The van der Waals surface area contributed by atoms with Crippen LogP contribution in [0.4, 0.5) is 0 Å². The van der Waals surface area contributed by atoms with Gasteiger partial charge in [-0.1, -0.05) is 50.1 Å². The summed E-state index contributed by atoms with van der Waals surface area (Å²) in [5.74, 6) is 0.492. The van der Waals surface area contributed by atoms with E-state index >= 15 is 0 Å². The first-order valence-corrected chi connectivity index (χ1v) is 7.29. The summed E-state index contributed by atoms with van der Waals surface area (Å²) < 4.78 is 5.11. The van der Waals surface area contributed by atoms with Crippen LogP contribution in [0, 0.1) is 5.92 Å². The van der Waals surface area contributed by atoms with Crippen LogP contribution in [0.3, 0.4) is 0 Å². The molecule has 19 heavy (non-hydrogen) atoms. The van der Waals surface area contributed by atoms with Gasteiger partial charge in [0.1, 0.15) is 5.78 Å². The van der Waals surface area contributed by atoms with Gasteiger partial charge >= 0.3 is 0 Å². The number of methoxy groups -OCH3 is 1. The van der Waals surface area contributed by atoms with Crippen LogP contribution in [-0.4, -0.2) is 19.5 Å². The standard InChI is InChI=1S/C17H24O2/c1-14(10-13-19-2)16(18)17(11-6-7-12-17)15-8-4-3-5-9-15/h3-5,8-9,14H,6-7,10-13H2,1-2H3. The number of hydrogen-bond acceptors (Lipinski definition) is 2. The second-order valence-corrected chi connectivity index (χ2v) is 5.70. The molecule has 1 aromatic rings. The van der Waals surface area contributed by atoms with Gasteiger partial charge in [-0.05, 0) is 24.8 Å². The molecule has 2 nitrogen and oxygen atoms in total. The van der Waals surface area contributed by atoms with Crippen LogP contribution in [0.15, 0.2) is 30.3 Å². The van der Waals surface area contributed by atoms with Crippen LogP contribution in [-0.2, 0) is 14.9 Å². The first kappa shape index (κ1) is 14.3. The molecule has 0 amide bonds. The SMILES string of the molecule is COCCC(C)C(=O)C1(c2ccccc2)CCCC1. The third kappa shape index (κ3) is 2.89. The lowest BCUT2D eigenvalue weighted by Crippen LogP contribution is -2.37. The van der Waals surface area contributed by atoms with Crippen LogP contribution in [0.2, 0.25) is 0 Å². The highest BCUT2D eigenvalue weighted by Crippen LogP contribution is 2.43. The quantitative estimate of drug-likeness (QED) is 0.779. The number of hydrogen-bond donors (Lipinski definition) is 0. The Hall–Kier alpha value is -1.15. The Bertz CT molecular complexity index is 405. The number of carbonyl (C=O) groups excluding carboxylic acids is 1. The molecular weight excluding hydrogens is 236 g/mol. The zero-order chi connectivity index (χ0) is 13.7. The second kappa shape index (κ2) is 6.33. The minimum absolute atomic E-state index is 0.0817. The van der Waals surface area contributed by atoms with Crippen LogP contribution >= 0.6 is 0 Å². The molecule has 1 aromatic carbocycles. The van der Waals surface area contributed by atoms with Crippen molar-refractivity contribution in [2.24, 2.45) is 5.92 Å². The summed E-state index contributed by atoms with van der Waals surface area (Å²) >= 11 is 0. The summed E-state index contributed by atoms with van der Waals surface area (Å²) in [5.41, 5.74) is 0.982. The lowest BCUT2D eigenvalue weighted by molar-refractivity contribution is -0.128. The topological polar surface area (TPSA) is 26.3 Å². The van der Waals surface area contributed by atoms with E-state index in [0.29, 0.717) is 12.4 Å². The number of Topliss-reactive ketones (excluding diaryl/α,β-unsaturated/α-hetero) is 1. The Morgan fingerprint density at radius 3 is 2.47 bits per heavy atom. The largest absolute Gasteiger partial charge is 0.385 e. The fraction of sp³-hybridized carbons (Fsp3) is 0.588. The van der Waals surface area contributed by atoms with Gasteiger partial charge in [0.05, 0.1) is 5.41 Å². The Balaban J connectivity index is 2.22. The molecule has 0 aliphatic heterocycles. The van der Waals surface area contributed by atoms with E-state index in [4.69, 9.17) is 4.74 Å². The highest BCUT2D eigenvalue weighted by molar-refractivity contribution is 5.92. The summed E-state index contributed by atoms with van der Waals surface area (Å²) in [4.78, 5) is 12.9. The van der Waals surface area contributed by atoms with E-state index in [1.54, 1.807) is 7.11 Å². The average molecular weight is 260 g/mol. The fourth-order valence-corrected chi connectivity index (χ4v) is 3.31. The molecule has 0 bridgehead atoms. The molecule has 2 rings (SSSR count). The molecule has 0 heterocycles. The van der Waals surface area contributed by atoms with Crippen LogP contribution < -0.4 is 0 Å². The number of carbonyl (C=O) groups is 1. The predicted octanol–water partition coefficient (Wildman–Crippen LogP) is 3.74. The monoisotopic (exact) mass is 260 g/mol. The molecule has 1 aliphatic rings. The summed E-state index contributed by atoms with van der Waals surface area (Å²) in [5, 5.41) is 0. The first-order chi connectivity index (χ1) is 9.20. The predicted molar refractivity (Wildman–Crippen MR) is 77.3 cm³/mol. The van der Waals surface area contributed by atoms with Gasteiger partial charge in [-0.25, -0.2) is 0 Å². The Morgan fingerprint density at radius 2 is 1.89 bits per heavy atom. The third-order valence-corrected chi connectivity index (χ3v) is 4.46. The van der Waals surface area contributed by atoms with Crippen molar-refractivity contribution in [2.45, 2.75) is 44.4 Å². The third-order valence-electron chi connectivity index (χ3n) is 4.46. The molecule has 0 spiro atoms. The van der Waals surface area contributed by atoms with E-state index in [9.17, 15) is 4.79 Å². The van der Waals surface area contributed by atoms with Crippen molar-refractivity contribution in [1.29, 1.82) is 0 Å². The Labute approximate surface area is 116 Å². The smallest absolute Gasteiger partial charge is 0.146 e. The van der Waals surface area contributed by atoms with E-state index in [1.165, 1.54) is 5.56 Å². The molecule has 0 radical (unpaired) electrons. The molecule has 1 unspecified atom stereocenters. The molecule has 1 saturated carbocycles. The van der Waals surface area contributed by atoms with Gasteiger partial charge in [0.15, 0.2) is 0 Å². The van der Waals surface area contributed by atoms with E-state index in [-0.39, 0.29) is 11.3 Å². The fourth-order valence-electron chi connectivity index (χ4n) is 3.31. The molecule has 1 fully saturated rings. The van der Waals surface area contributed by atoms with Gasteiger partial charge in [0.2, 0.25) is 0 Å². The number of ether oxygens (including phenoxy) is 1. The van der Waals surface area contributed by atoms with Crippen molar-refractivity contribution in [2.75, 3.05) is 13.7 Å². The van der Waals surface area contributed by atoms with Gasteiger partial charge in [-0.2, -0.15) is 0 Å². The minimum Gasteiger partial charge on any atom is -0.385 e. The first-order valence-electron chi connectivity index (χ1n) is 7.29. The van der Waals surface area contributed by atoms with Crippen LogP contribution in [0.1, 0.15) is 44.6 Å². The van der Waals surface area contributed by atoms with Crippen molar-refractivity contribution in [3.63, 3.8) is 0 Å². The number of benzene rings is 1. The summed E-state index contributed by atoms with van der Waals surface area (Å²) in [7, 11) is 1.69. The van der Waals surface area contributed by atoms with Crippen molar-refractivity contribution >= 4 is 5.78 Å². The van der Waals surface area contributed by atoms with Crippen LogP contribution in [0.25, 0.3) is 0 Å². The molecule has 1 atom stereocenters. The molecule has 0 N–H and O–H groups in total. The summed E-state index contributed by atoms with van der Waals surface area (Å²) in [6, 6.07) is 10.3. The van der Waals surface area contributed by atoms with Gasteiger partial charge in [-0.15, -0.1) is 0 Å². The van der Waals surface area contributed by atoms with Crippen molar-refractivity contribution in [3.05, 3.63) is 35.9 Å². The Kier molecular flexibility index (Phi) is 4.76. The van der Waals surface area contributed by atoms with E-state index in [0.717, 1.165) is 32.1 Å². The van der Waals surface area contributed by atoms with Crippen LogP contribution in [0.5, 0.6) is 0 Å². The van der Waals surface area contributed by atoms with Crippen molar-refractivity contribution in [1.82, 2.24) is 0 Å². The normalized spacial score (nSPS) is 19.3. The number of rotatable bonds is 6. The maximum atomic E-state index is 12.9. The lowest BCUT2D eigenvalue weighted by atomic mass is 9.71. The minimum atomic E-state index is -0.228. The molecule has 0 saturated heterocycles.